The van der Waals surface area contributed by atoms with E-state index in [2.05, 4.69) is 21.4 Å². The maximum Gasteiger partial charge on any atom is 0.129 e. The van der Waals surface area contributed by atoms with Crippen LogP contribution in [0.4, 0.5) is 5.82 Å². The van der Waals surface area contributed by atoms with E-state index < -0.39 is 0 Å². The molecule has 4 saturated carbocycles. The Labute approximate surface area is 120 Å². The Morgan fingerprint density at radius 3 is 2.35 bits per heavy atom. The van der Waals surface area contributed by atoms with Crippen LogP contribution < -0.4 is 11.1 Å². The SMILES string of the molecule is NCCNc1cc(C23CC4CC(CC(C4)C2)C3)ncn1. The van der Waals surface area contributed by atoms with Crippen molar-refractivity contribution in [2.24, 2.45) is 23.5 Å². The highest BCUT2D eigenvalue weighted by molar-refractivity contribution is 5.38. The molecule has 4 aliphatic rings. The van der Waals surface area contributed by atoms with Crippen molar-refractivity contribution < 1.29 is 0 Å². The maximum absolute atomic E-state index is 5.55. The molecule has 0 amide bonds. The Balaban J connectivity index is 1.63. The molecule has 4 aliphatic carbocycles. The van der Waals surface area contributed by atoms with Gasteiger partial charge in [-0.15, -0.1) is 0 Å². The van der Waals surface area contributed by atoms with Crippen LogP contribution >= 0.6 is 0 Å². The van der Waals surface area contributed by atoms with E-state index in [0.717, 1.165) is 30.1 Å². The Kier molecular flexibility index (Phi) is 2.95. The molecule has 0 radical (unpaired) electrons. The van der Waals surface area contributed by atoms with Gasteiger partial charge in [0, 0.05) is 24.6 Å². The number of nitrogens with zero attached hydrogens (tertiary/aromatic N) is 2. The van der Waals surface area contributed by atoms with Crippen molar-refractivity contribution in [1.29, 1.82) is 0 Å². The Morgan fingerprint density at radius 2 is 1.75 bits per heavy atom. The molecule has 4 nitrogen and oxygen atoms in total. The summed E-state index contributed by atoms with van der Waals surface area (Å²) in [5.41, 5.74) is 7.20. The third kappa shape index (κ3) is 2.01. The average Bonchev–Trinajstić information content (AvgIpc) is 2.44. The summed E-state index contributed by atoms with van der Waals surface area (Å²) in [6.45, 7) is 1.41. The van der Waals surface area contributed by atoms with Crippen LogP contribution in [0.2, 0.25) is 0 Å². The van der Waals surface area contributed by atoms with Gasteiger partial charge in [-0.2, -0.15) is 0 Å². The van der Waals surface area contributed by atoms with E-state index in [1.165, 1.54) is 44.2 Å². The molecule has 0 aromatic carbocycles. The number of hydrogen-bond donors (Lipinski definition) is 2. The van der Waals surface area contributed by atoms with Crippen LogP contribution in [0.25, 0.3) is 0 Å². The van der Waals surface area contributed by atoms with Crippen molar-refractivity contribution in [3.8, 4) is 0 Å². The fourth-order valence-electron chi connectivity index (χ4n) is 5.37. The highest BCUT2D eigenvalue weighted by Crippen LogP contribution is 2.60. The molecule has 1 heterocycles. The predicted octanol–water partition coefficient (Wildman–Crippen LogP) is 2.32. The van der Waals surface area contributed by atoms with Gasteiger partial charge in [0.25, 0.3) is 0 Å². The number of hydrogen-bond acceptors (Lipinski definition) is 4. The first-order valence-electron chi connectivity index (χ1n) is 8.04. The van der Waals surface area contributed by atoms with Crippen molar-refractivity contribution in [3.63, 3.8) is 0 Å². The zero-order valence-corrected chi connectivity index (χ0v) is 12.0. The van der Waals surface area contributed by atoms with Gasteiger partial charge in [0.15, 0.2) is 0 Å². The Bertz CT molecular complexity index is 464. The fraction of sp³-hybridized carbons (Fsp3) is 0.750. The summed E-state index contributed by atoms with van der Waals surface area (Å²) >= 11 is 0. The summed E-state index contributed by atoms with van der Waals surface area (Å²) in [4.78, 5) is 8.98. The number of rotatable bonds is 4. The van der Waals surface area contributed by atoms with E-state index in [4.69, 9.17) is 5.73 Å². The lowest BCUT2D eigenvalue weighted by Gasteiger charge is -2.56. The Hall–Kier alpha value is -1.16. The van der Waals surface area contributed by atoms with Crippen LogP contribution in [0, 0.1) is 17.8 Å². The second-order valence-electron chi connectivity index (χ2n) is 7.20. The van der Waals surface area contributed by atoms with E-state index in [0.29, 0.717) is 12.0 Å². The van der Waals surface area contributed by atoms with Gasteiger partial charge in [0.05, 0.1) is 5.69 Å². The molecule has 0 spiro atoms. The summed E-state index contributed by atoms with van der Waals surface area (Å²) in [6.07, 6.45) is 10.2. The minimum Gasteiger partial charge on any atom is -0.369 e. The monoisotopic (exact) mass is 272 g/mol. The zero-order chi connectivity index (χ0) is 13.6. The van der Waals surface area contributed by atoms with Crippen LogP contribution in [0.15, 0.2) is 12.4 Å². The van der Waals surface area contributed by atoms with Gasteiger partial charge in [0.2, 0.25) is 0 Å². The molecule has 4 heteroatoms. The normalized spacial score (nSPS) is 38.1. The van der Waals surface area contributed by atoms with Crippen molar-refractivity contribution >= 4 is 5.82 Å². The van der Waals surface area contributed by atoms with Crippen molar-refractivity contribution in [2.45, 2.75) is 43.9 Å². The van der Waals surface area contributed by atoms with Crippen LogP contribution in [-0.4, -0.2) is 23.1 Å². The van der Waals surface area contributed by atoms with E-state index in [9.17, 15) is 0 Å². The molecular weight excluding hydrogens is 248 g/mol. The van der Waals surface area contributed by atoms with Crippen molar-refractivity contribution in [2.75, 3.05) is 18.4 Å². The van der Waals surface area contributed by atoms with E-state index in [1.807, 2.05) is 0 Å². The summed E-state index contributed by atoms with van der Waals surface area (Å²) < 4.78 is 0. The summed E-state index contributed by atoms with van der Waals surface area (Å²) in [7, 11) is 0. The van der Waals surface area contributed by atoms with Crippen molar-refractivity contribution in [1.82, 2.24) is 9.97 Å². The largest absolute Gasteiger partial charge is 0.369 e. The molecular formula is C16H24N4. The first-order chi connectivity index (χ1) is 9.77. The van der Waals surface area contributed by atoms with Crippen LogP contribution in [-0.2, 0) is 5.41 Å². The highest BCUT2D eigenvalue weighted by Gasteiger charge is 2.52. The molecule has 1 aromatic heterocycles. The van der Waals surface area contributed by atoms with E-state index in [-0.39, 0.29) is 0 Å². The molecule has 20 heavy (non-hydrogen) atoms. The number of aromatic nitrogens is 2. The van der Waals surface area contributed by atoms with Gasteiger partial charge in [-0.3, -0.25) is 0 Å². The molecule has 0 unspecified atom stereocenters. The minimum absolute atomic E-state index is 0.358. The van der Waals surface area contributed by atoms with Gasteiger partial charge in [-0.1, -0.05) is 0 Å². The molecule has 4 bridgehead atoms. The third-order valence-corrected chi connectivity index (χ3v) is 5.70. The smallest absolute Gasteiger partial charge is 0.129 e. The second-order valence-corrected chi connectivity index (χ2v) is 7.20. The highest BCUT2D eigenvalue weighted by atomic mass is 15.0. The van der Waals surface area contributed by atoms with E-state index >= 15 is 0 Å². The fourth-order valence-corrected chi connectivity index (χ4v) is 5.37. The summed E-state index contributed by atoms with van der Waals surface area (Å²) in [5.74, 6) is 3.81. The van der Waals surface area contributed by atoms with Crippen LogP contribution in [0.3, 0.4) is 0 Å². The lowest BCUT2D eigenvalue weighted by atomic mass is 9.49. The quantitative estimate of drug-likeness (QED) is 0.883. The minimum atomic E-state index is 0.358. The van der Waals surface area contributed by atoms with Gasteiger partial charge >= 0.3 is 0 Å². The third-order valence-electron chi connectivity index (χ3n) is 5.70. The molecule has 108 valence electrons. The zero-order valence-electron chi connectivity index (χ0n) is 12.0. The summed E-state index contributed by atoms with van der Waals surface area (Å²) in [6, 6.07) is 2.18. The molecule has 0 aliphatic heterocycles. The van der Waals surface area contributed by atoms with Gasteiger partial charge in [-0.25, -0.2) is 9.97 Å². The molecule has 0 saturated heterocycles. The topological polar surface area (TPSA) is 63.8 Å². The van der Waals surface area contributed by atoms with E-state index in [1.54, 1.807) is 6.33 Å². The Morgan fingerprint density at radius 1 is 1.10 bits per heavy atom. The molecule has 4 fully saturated rings. The van der Waals surface area contributed by atoms with Gasteiger partial charge in [0.1, 0.15) is 12.1 Å². The maximum atomic E-state index is 5.55. The van der Waals surface area contributed by atoms with Gasteiger partial charge < -0.3 is 11.1 Å². The lowest BCUT2D eigenvalue weighted by Crippen LogP contribution is -2.49. The number of nitrogens with one attached hydrogen (secondary N) is 1. The average molecular weight is 272 g/mol. The second kappa shape index (κ2) is 4.69. The number of anilines is 1. The molecule has 0 atom stereocenters. The standard InChI is InChI=1S/C16H24N4/c17-1-2-18-15-6-14(19-10-20-15)16-7-11-3-12(8-16)5-13(4-11)9-16/h6,10-13H,1-5,7-9,17H2,(H,18,19,20). The molecule has 5 rings (SSSR count). The predicted molar refractivity (Wildman–Crippen MR) is 79.4 cm³/mol. The van der Waals surface area contributed by atoms with Gasteiger partial charge in [-0.05, 0) is 56.3 Å². The molecule has 3 N–H and O–H groups in total. The van der Waals surface area contributed by atoms with Crippen LogP contribution in [0.5, 0.6) is 0 Å². The lowest BCUT2D eigenvalue weighted by molar-refractivity contribution is -0.00723. The molecule has 1 aromatic rings. The first-order valence-corrected chi connectivity index (χ1v) is 8.04. The van der Waals surface area contributed by atoms with Crippen LogP contribution in [0.1, 0.15) is 44.2 Å². The number of nitrogens with two attached hydrogens (primary N) is 1. The summed E-state index contributed by atoms with van der Waals surface area (Å²) in [5, 5.41) is 3.29. The van der Waals surface area contributed by atoms with Crippen molar-refractivity contribution in [3.05, 3.63) is 18.1 Å². The first kappa shape index (κ1) is 12.6.